The van der Waals surface area contributed by atoms with Crippen LogP contribution in [0.25, 0.3) is 22.2 Å². The number of hydrogen-bond donors (Lipinski definition) is 2. The molecule has 2 N–H and O–H groups in total. The molecule has 0 saturated heterocycles. The second kappa shape index (κ2) is 7.02. The Morgan fingerprint density at radius 3 is 2.33 bits per heavy atom. The lowest BCUT2D eigenvalue weighted by Gasteiger charge is -2.37. The number of H-pyrrole nitrogens is 1. The molecule has 0 aliphatic carbocycles. The second-order valence-corrected chi connectivity index (χ2v) is 8.23. The lowest BCUT2D eigenvalue weighted by Crippen LogP contribution is -2.49. The average Bonchev–Trinajstić information content (AvgIpc) is 3.01. The Morgan fingerprint density at radius 1 is 1.07 bits per heavy atom. The van der Waals surface area contributed by atoms with E-state index in [0.29, 0.717) is 7.48 Å². The fraction of sp³-hybridized carbons (Fsp3) is 0.381. The Morgan fingerprint density at radius 2 is 1.74 bits per heavy atom. The number of hydrogen-bond acceptors (Lipinski definition) is 4. The minimum Gasteiger partial charge on any atom is -0.427 e. The van der Waals surface area contributed by atoms with Gasteiger partial charge in [0.25, 0.3) is 0 Å². The first-order valence-corrected chi connectivity index (χ1v) is 9.18. The van der Waals surface area contributed by atoms with Crippen molar-refractivity contribution >= 4 is 29.7 Å². The quantitative estimate of drug-likeness (QED) is 0.660. The zero-order valence-electron chi connectivity index (χ0n) is 17.0. The molecule has 6 heteroatoms. The van der Waals surface area contributed by atoms with Crippen LogP contribution in [0.2, 0.25) is 0 Å². The van der Waals surface area contributed by atoms with Crippen molar-refractivity contribution in [2.24, 2.45) is 0 Å². The van der Waals surface area contributed by atoms with Gasteiger partial charge in [0.2, 0.25) is 0 Å². The molecule has 5 nitrogen and oxygen atoms in total. The summed E-state index contributed by atoms with van der Waals surface area (Å²) in [5.41, 5.74) is 3.62. The minimum absolute atomic E-state index is 0.404. The molecule has 142 valence electrons. The van der Waals surface area contributed by atoms with Crippen LogP contribution in [0.3, 0.4) is 0 Å². The number of aromatic nitrogens is 2. The van der Waals surface area contributed by atoms with Crippen LogP contribution < -0.4 is 10.4 Å². The van der Waals surface area contributed by atoms with Crippen LogP contribution in [0.1, 0.15) is 27.7 Å². The molecule has 1 aromatic carbocycles. The first kappa shape index (κ1) is 19.5. The van der Waals surface area contributed by atoms with Crippen LogP contribution in [-0.4, -0.2) is 47.9 Å². The Hall–Kier alpha value is -2.31. The molecule has 2 heterocycles. The number of rotatable bonds is 6. The number of fused-ring (bicyclic) bond motifs is 1. The predicted molar refractivity (Wildman–Crippen MR) is 114 cm³/mol. The molecule has 2 aromatic heterocycles. The predicted octanol–water partition coefficient (Wildman–Crippen LogP) is 2.84. The Bertz CT molecular complexity index is 925. The molecule has 0 bridgehead atoms. The monoisotopic (exact) mass is 365 g/mol. The van der Waals surface area contributed by atoms with Gasteiger partial charge in [0.05, 0.1) is 11.2 Å². The minimum atomic E-state index is -0.934. The SMILES string of the molecule is CN(C)c1ccc(-c2cnc3[nH]cc(BOC(C)(C)C(C)(C)O)c3c2)cc1. The molecule has 3 aromatic rings. The number of aliphatic hydroxyl groups is 1. The smallest absolute Gasteiger partial charge is 0.311 e. The zero-order chi connectivity index (χ0) is 19.8. The van der Waals surface area contributed by atoms with Gasteiger partial charge in [-0.1, -0.05) is 12.1 Å². The Kier molecular flexibility index (Phi) is 5.06. The summed E-state index contributed by atoms with van der Waals surface area (Å²) in [6.45, 7) is 7.33. The van der Waals surface area contributed by atoms with E-state index in [-0.39, 0.29) is 0 Å². The molecule has 0 unspecified atom stereocenters. The molecule has 3 rings (SSSR count). The van der Waals surface area contributed by atoms with E-state index >= 15 is 0 Å². The van der Waals surface area contributed by atoms with E-state index in [0.717, 1.165) is 33.3 Å². The van der Waals surface area contributed by atoms with Gasteiger partial charge in [-0.3, -0.25) is 0 Å². The van der Waals surface area contributed by atoms with Crippen molar-refractivity contribution in [1.82, 2.24) is 9.97 Å². The number of benzene rings is 1. The summed E-state index contributed by atoms with van der Waals surface area (Å²) in [7, 11) is 4.47. The van der Waals surface area contributed by atoms with Crippen molar-refractivity contribution in [3.05, 3.63) is 42.7 Å². The fourth-order valence-corrected chi connectivity index (χ4v) is 2.72. The molecule has 0 fully saturated rings. The van der Waals surface area contributed by atoms with E-state index < -0.39 is 11.2 Å². The summed E-state index contributed by atoms with van der Waals surface area (Å²) in [5.74, 6) is 0. The van der Waals surface area contributed by atoms with Gasteiger partial charge in [-0.05, 0) is 63.1 Å². The molecule has 0 aliphatic heterocycles. The van der Waals surface area contributed by atoms with Gasteiger partial charge >= 0.3 is 7.48 Å². The van der Waals surface area contributed by atoms with Crippen molar-refractivity contribution in [1.29, 1.82) is 0 Å². The number of nitrogens with one attached hydrogen (secondary N) is 1. The highest BCUT2D eigenvalue weighted by atomic mass is 16.5. The summed E-state index contributed by atoms with van der Waals surface area (Å²) in [6, 6.07) is 10.6. The molecule has 0 spiro atoms. The van der Waals surface area contributed by atoms with Crippen LogP contribution in [0, 0.1) is 0 Å². The average molecular weight is 365 g/mol. The van der Waals surface area contributed by atoms with Gasteiger partial charge in [0.1, 0.15) is 5.65 Å². The van der Waals surface area contributed by atoms with Gasteiger partial charge in [-0.2, -0.15) is 0 Å². The van der Waals surface area contributed by atoms with Crippen LogP contribution in [0.5, 0.6) is 0 Å². The van der Waals surface area contributed by atoms with E-state index in [2.05, 4.69) is 45.2 Å². The van der Waals surface area contributed by atoms with Gasteiger partial charge in [-0.25, -0.2) is 4.98 Å². The number of pyridine rings is 1. The maximum atomic E-state index is 10.3. The summed E-state index contributed by atoms with van der Waals surface area (Å²) < 4.78 is 6.03. The van der Waals surface area contributed by atoms with Gasteiger partial charge in [-0.15, -0.1) is 0 Å². The molecule has 0 saturated carbocycles. The van der Waals surface area contributed by atoms with E-state index in [9.17, 15) is 5.11 Å². The van der Waals surface area contributed by atoms with Crippen LogP contribution in [0.15, 0.2) is 42.7 Å². The highest BCUT2D eigenvalue weighted by molar-refractivity contribution is 6.51. The standard InChI is InChI=1S/C21H28BN3O2/c1-20(2,26)21(3,4)27-22-18-13-24-19-17(18)11-15(12-23-19)14-7-9-16(10-8-14)25(5)6/h7-13,22,26H,1-6H3,(H,23,24). The maximum Gasteiger partial charge on any atom is 0.311 e. The largest absolute Gasteiger partial charge is 0.427 e. The number of anilines is 1. The molecule has 27 heavy (non-hydrogen) atoms. The number of aromatic amines is 1. The fourth-order valence-electron chi connectivity index (χ4n) is 2.72. The highest BCUT2D eigenvalue weighted by Gasteiger charge is 2.35. The van der Waals surface area contributed by atoms with Gasteiger partial charge in [0, 0.05) is 36.9 Å². The molecule has 0 amide bonds. The lowest BCUT2D eigenvalue weighted by atomic mass is 9.82. The first-order valence-electron chi connectivity index (χ1n) is 9.18. The van der Waals surface area contributed by atoms with Crippen molar-refractivity contribution in [3.63, 3.8) is 0 Å². The van der Waals surface area contributed by atoms with Gasteiger partial charge in [0.15, 0.2) is 0 Å². The second-order valence-electron chi connectivity index (χ2n) is 8.23. The number of nitrogens with zero attached hydrogens (tertiary/aromatic N) is 2. The van der Waals surface area contributed by atoms with Crippen LogP contribution >= 0.6 is 0 Å². The van der Waals surface area contributed by atoms with Crippen molar-refractivity contribution in [2.75, 3.05) is 19.0 Å². The third-order valence-electron chi connectivity index (χ3n) is 5.40. The van der Waals surface area contributed by atoms with Crippen LogP contribution in [-0.2, 0) is 4.65 Å². The van der Waals surface area contributed by atoms with E-state index in [4.69, 9.17) is 4.65 Å². The molecular weight excluding hydrogens is 337 g/mol. The van der Waals surface area contributed by atoms with E-state index in [1.165, 1.54) is 0 Å². The maximum absolute atomic E-state index is 10.3. The Labute approximate surface area is 161 Å². The lowest BCUT2D eigenvalue weighted by molar-refractivity contribution is -0.0893. The highest BCUT2D eigenvalue weighted by Crippen LogP contribution is 2.26. The third-order valence-corrected chi connectivity index (χ3v) is 5.40. The Balaban J connectivity index is 1.88. The van der Waals surface area contributed by atoms with Crippen molar-refractivity contribution in [3.8, 4) is 11.1 Å². The summed E-state index contributed by atoms with van der Waals surface area (Å²) >= 11 is 0. The molecule has 0 atom stereocenters. The third kappa shape index (κ3) is 4.02. The normalized spacial score (nSPS) is 12.4. The molecule has 0 radical (unpaired) electrons. The first-order chi connectivity index (χ1) is 12.6. The van der Waals surface area contributed by atoms with Crippen molar-refractivity contribution in [2.45, 2.75) is 38.9 Å². The van der Waals surface area contributed by atoms with E-state index in [1.807, 2.05) is 40.3 Å². The molecular formula is C21H28BN3O2. The summed E-state index contributed by atoms with van der Waals surface area (Å²) in [5, 5.41) is 11.3. The van der Waals surface area contributed by atoms with Gasteiger partial charge < -0.3 is 19.6 Å². The topological polar surface area (TPSA) is 61.4 Å². The summed E-state index contributed by atoms with van der Waals surface area (Å²) in [6.07, 6.45) is 3.81. The van der Waals surface area contributed by atoms with E-state index in [1.54, 1.807) is 13.8 Å². The van der Waals surface area contributed by atoms with Crippen molar-refractivity contribution < 1.29 is 9.76 Å². The zero-order valence-corrected chi connectivity index (χ0v) is 17.0. The molecule has 0 aliphatic rings. The van der Waals surface area contributed by atoms with Crippen LogP contribution in [0.4, 0.5) is 5.69 Å². The summed E-state index contributed by atoms with van der Waals surface area (Å²) in [4.78, 5) is 9.84.